The molecule has 0 spiro atoms. The van der Waals surface area contributed by atoms with Crippen molar-refractivity contribution in [3.05, 3.63) is 9.16 Å². The molecule has 1 heterocycles. The van der Waals surface area contributed by atoms with Crippen LogP contribution in [0.5, 0.6) is 0 Å². The van der Waals surface area contributed by atoms with Gasteiger partial charge in [0.05, 0.1) is 0 Å². The second kappa shape index (κ2) is 10.7. The van der Waals surface area contributed by atoms with Crippen LogP contribution in [0.3, 0.4) is 0 Å². The number of unbranched alkanes of at least 4 members (excludes halogenated alkanes) is 3. The number of β-amino-alcohol motifs (C(OH)–C–C–N with tert-alkyl or cyclic N) is 1. The quantitative estimate of drug-likeness (QED) is 0.462. The zero-order valence-electron chi connectivity index (χ0n) is 16.1. The van der Waals surface area contributed by atoms with Gasteiger partial charge in [-0.05, 0) is 0 Å². The van der Waals surface area contributed by atoms with Crippen molar-refractivity contribution in [3.63, 3.8) is 0 Å². The van der Waals surface area contributed by atoms with Crippen molar-refractivity contribution in [2.75, 3.05) is 13.1 Å². The third-order valence-corrected chi connectivity index (χ3v) is 22.1. The van der Waals surface area contributed by atoms with E-state index in [4.69, 9.17) is 0 Å². The summed E-state index contributed by atoms with van der Waals surface area (Å²) in [4.78, 5) is 13.0. The van der Waals surface area contributed by atoms with Crippen LogP contribution in [0.25, 0.3) is 0 Å². The summed E-state index contributed by atoms with van der Waals surface area (Å²) in [5.41, 5.74) is 1.12. The zero-order valence-corrected chi connectivity index (χ0v) is 19.0. The normalized spacial score (nSPS) is 19.0. The molecule has 0 saturated heterocycles. The Bertz CT molecular complexity index is 415. The van der Waals surface area contributed by atoms with Crippen molar-refractivity contribution in [3.8, 4) is 0 Å². The number of aliphatic hydroxyl groups excluding tert-OH is 1. The number of carbonyl (C=O) groups is 1. The van der Waals surface area contributed by atoms with E-state index in [1.165, 1.54) is 60.3 Å². The van der Waals surface area contributed by atoms with Gasteiger partial charge in [-0.1, -0.05) is 0 Å². The third-order valence-electron chi connectivity index (χ3n) is 5.66. The van der Waals surface area contributed by atoms with Crippen molar-refractivity contribution >= 4 is 24.5 Å². The van der Waals surface area contributed by atoms with Gasteiger partial charge in [0.1, 0.15) is 0 Å². The van der Waals surface area contributed by atoms with E-state index >= 15 is 0 Å². The van der Waals surface area contributed by atoms with Crippen LogP contribution >= 0.6 is 0 Å². The first kappa shape index (κ1) is 21.8. The monoisotopic (exact) mass is 447 g/mol. The number of rotatable bonds is 10. The Morgan fingerprint density at radius 2 is 1.54 bits per heavy atom. The third kappa shape index (κ3) is 5.65. The molecule has 1 aliphatic heterocycles. The second-order valence-electron chi connectivity index (χ2n) is 7.43. The SMILES string of the molecule is CCC[CH2][Sn]([CH2]CCC)([CH2]CCC)[C]1=C(C)C(O)CN(C(=O)O)C1. The van der Waals surface area contributed by atoms with Crippen molar-refractivity contribution < 1.29 is 15.0 Å². The molecule has 0 bridgehead atoms. The van der Waals surface area contributed by atoms with Gasteiger partial charge >= 0.3 is 152 Å². The molecule has 24 heavy (non-hydrogen) atoms. The van der Waals surface area contributed by atoms with E-state index in [1.807, 2.05) is 0 Å². The Kier molecular flexibility index (Phi) is 9.72. The molecule has 0 aromatic carbocycles. The predicted octanol–water partition coefficient (Wildman–Crippen LogP) is 5.05. The molecule has 2 N–H and O–H groups in total. The summed E-state index contributed by atoms with van der Waals surface area (Å²) >= 11 is -2.65. The van der Waals surface area contributed by atoms with Crippen LogP contribution in [0.2, 0.25) is 13.3 Å². The van der Waals surface area contributed by atoms with E-state index in [1.54, 1.807) is 0 Å². The Hall–Kier alpha value is -0.231. The molecule has 0 aromatic heterocycles. The summed E-state index contributed by atoms with van der Waals surface area (Å²) in [6.07, 6.45) is 5.87. The van der Waals surface area contributed by atoms with Gasteiger partial charge < -0.3 is 0 Å². The van der Waals surface area contributed by atoms with Gasteiger partial charge in [0.25, 0.3) is 0 Å². The van der Waals surface area contributed by atoms with Crippen molar-refractivity contribution in [2.24, 2.45) is 0 Å². The Morgan fingerprint density at radius 1 is 1.08 bits per heavy atom. The number of hydrogen-bond donors (Lipinski definition) is 2. The summed E-state index contributed by atoms with van der Waals surface area (Å²) in [5, 5.41) is 19.9. The number of amides is 1. The molecule has 1 amide bonds. The summed E-state index contributed by atoms with van der Waals surface area (Å²) in [6.45, 7) is 9.60. The Labute approximate surface area is 152 Å². The molecule has 1 rings (SSSR count). The molecule has 5 heteroatoms. The Balaban J connectivity index is 3.24. The first-order chi connectivity index (χ1) is 11.4. The molecule has 1 atom stereocenters. The van der Waals surface area contributed by atoms with Crippen LogP contribution in [-0.2, 0) is 0 Å². The molecule has 0 fully saturated rings. The van der Waals surface area contributed by atoms with Gasteiger partial charge in [0.2, 0.25) is 0 Å². The topological polar surface area (TPSA) is 60.8 Å². The Morgan fingerprint density at radius 3 is 1.92 bits per heavy atom. The first-order valence-electron chi connectivity index (χ1n) is 9.77. The molecule has 0 radical (unpaired) electrons. The fourth-order valence-corrected chi connectivity index (χ4v) is 21.9. The van der Waals surface area contributed by atoms with Crippen molar-refractivity contribution in [2.45, 2.75) is 85.6 Å². The number of hydrogen-bond acceptors (Lipinski definition) is 2. The van der Waals surface area contributed by atoms with Crippen LogP contribution < -0.4 is 0 Å². The molecule has 140 valence electrons. The van der Waals surface area contributed by atoms with Gasteiger partial charge in [-0.3, -0.25) is 0 Å². The molecule has 1 aliphatic rings. The molecule has 0 aliphatic carbocycles. The molecular weight excluding hydrogens is 409 g/mol. The van der Waals surface area contributed by atoms with Crippen molar-refractivity contribution in [1.29, 1.82) is 0 Å². The first-order valence-corrected chi connectivity index (χ1v) is 17.3. The van der Waals surface area contributed by atoms with Gasteiger partial charge in [0, 0.05) is 0 Å². The average Bonchev–Trinajstić information content (AvgIpc) is 2.57. The van der Waals surface area contributed by atoms with Crippen molar-refractivity contribution in [1.82, 2.24) is 4.90 Å². The van der Waals surface area contributed by atoms with E-state index in [-0.39, 0.29) is 6.54 Å². The zero-order chi connectivity index (χ0) is 18.2. The average molecular weight is 446 g/mol. The van der Waals surface area contributed by atoms with Gasteiger partial charge in [-0.15, -0.1) is 0 Å². The minimum absolute atomic E-state index is 0.238. The van der Waals surface area contributed by atoms with Crippen LogP contribution in [0.15, 0.2) is 9.16 Å². The van der Waals surface area contributed by atoms with Gasteiger partial charge in [-0.2, -0.15) is 0 Å². The maximum atomic E-state index is 11.5. The van der Waals surface area contributed by atoms with Gasteiger partial charge in [-0.25, -0.2) is 0 Å². The van der Waals surface area contributed by atoms with E-state index in [2.05, 4.69) is 27.7 Å². The summed E-state index contributed by atoms with van der Waals surface area (Å²) in [7, 11) is 0. The number of nitrogens with zero attached hydrogens (tertiary/aromatic N) is 1. The van der Waals surface area contributed by atoms with E-state index in [9.17, 15) is 15.0 Å². The van der Waals surface area contributed by atoms with E-state index in [0.717, 1.165) is 5.57 Å². The number of carboxylic acid groups (broad SMARTS) is 1. The van der Waals surface area contributed by atoms with Crippen LogP contribution in [0, 0.1) is 0 Å². The van der Waals surface area contributed by atoms with E-state index in [0.29, 0.717) is 6.54 Å². The summed E-state index contributed by atoms with van der Waals surface area (Å²) in [5.74, 6) is 0. The fraction of sp³-hybridized carbons (Fsp3) is 0.842. The van der Waals surface area contributed by atoms with Crippen LogP contribution in [0.1, 0.15) is 66.2 Å². The minimum atomic E-state index is -2.65. The number of aliphatic hydroxyl groups is 1. The molecular formula is C19H37NO3Sn. The van der Waals surface area contributed by atoms with Crippen LogP contribution in [-0.4, -0.2) is 58.8 Å². The molecule has 4 nitrogen and oxygen atoms in total. The summed E-state index contributed by atoms with van der Waals surface area (Å²) in [6, 6.07) is 0. The summed E-state index contributed by atoms with van der Waals surface area (Å²) < 4.78 is 5.37. The molecule has 0 saturated carbocycles. The van der Waals surface area contributed by atoms with E-state index < -0.39 is 30.6 Å². The molecule has 0 aromatic rings. The fourth-order valence-electron chi connectivity index (χ4n) is 4.03. The second-order valence-corrected chi connectivity index (χ2v) is 20.7. The standard InChI is InChI=1S/C7H10NO3.3C4H9.Sn/c1-5-2-3-8(7(10)11)4-6(5)9;3*1-3-4-2;/h6,9H,3-4H2,1H3,(H,10,11);3*1,3-4H2,2H3;. The van der Waals surface area contributed by atoms with Gasteiger partial charge in [0.15, 0.2) is 0 Å². The van der Waals surface area contributed by atoms with Crippen LogP contribution in [0.4, 0.5) is 4.79 Å². The molecule has 1 unspecified atom stereocenters. The predicted molar refractivity (Wildman–Crippen MR) is 103 cm³/mol. The maximum absolute atomic E-state index is 11.5.